The third-order valence-corrected chi connectivity index (χ3v) is 2.53. The van der Waals surface area contributed by atoms with Crippen LogP contribution in [0.3, 0.4) is 0 Å². The van der Waals surface area contributed by atoms with Crippen LogP contribution in [0.1, 0.15) is 34.1 Å². The summed E-state index contributed by atoms with van der Waals surface area (Å²) in [5.41, 5.74) is 0. The van der Waals surface area contributed by atoms with E-state index in [1.165, 1.54) is 0 Å². The summed E-state index contributed by atoms with van der Waals surface area (Å²) in [5, 5.41) is 14.0. The minimum Gasteiger partial charge on any atom is -0.480 e. The van der Waals surface area contributed by atoms with Crippen molar-refractivity contribution in [2.75, 3.05) is 6.54 Å². The van der Waals surface area contributed by atoms with Crippen molar-refractivity contribution in [3.8, 4) is 0 Å². The number of rotatable bonds is 6. The minimum absolute atomic E-state index is 0.133. The summed E-state index contributed by atoms with van der Waals surface area (Å²) in [7, 11) is 0. The number of nitrogens with one attached hydrogen (secondary N) is 2. The molecule has 0 radical (unpaired) electrons. The van der Waals surface area contributed by atoms with E-state index in [9.17, 15) is 9.59 Å². The van der Waals surface area contributed by atoms with Crippen LogP contribution in [0.25, 0.3) is 0 Å². The molecule has 0 aromatic heterocycles. The second-order valence-electron chi connectivity index (χ2n) is 4.43. The number of hydrogen-bond acceptors (Lipinski definition) is 2. The van der Waals surface area contributed by atoms with Gasteiger partial charge in [-0.1, -0.05) is 34.1 Å². The molecular formula is C11H22N2O3. The number of urea groups is 1. The molecule has 3 N–H and O–H groups in total. The normalized spacial score (nSPS) is 14.3. The fourth-order valence-electron chi connectivity index (χ4n) is 1.12. The lowest BCUT2D eigenvalue weighted by atomic mass is 10.1. The summed E-state index contributed by atoms with van der Waals surface area (Å²) in [6.45, 7) is 8.14. The van der Waals surface area contributed by atoms with E-state index in [0.717, 1.165) is 6.42 Å². The maximum Gasteiger partial charge on any atom is 0.326 e. The van der Waals surface area contributed by atoms with Gasteiger partial charge in [0.25, 0.3) is 0 Å². The summed E-state index contributed by atoms with van der Waals surface area (Å²) in [6.07, 6.45) is 0.979. The molecule has 2 unspecified atom stereocenters. The zero-order chi connectivity index (χ0) is 12.7. The highest BCUT2D eigenvalue weighted by Gasteiger charge is 2.23. The molecule has 0 aliphatic carbocycles. The van der Waals surface area contributed by atoms with Crippen molar-refractivity contribution in [2.45, 2.75) is 40.2 Å². The monoisotopic (exact) mass is 230 g/mol. The molecule has 0 saturated heterocycles. The van der Waals surface area contributed by atoms with Crippen LogP contribution in [0.4, 0.5) is 4.79 Å². The Labute approximate surface area is 96.6 Å². The second kappa shape index (κ2) is 7.09. The van der Waals surface area contributed by atoms with Gasteiger partial charge < -0.3 is 15.7 Å². The van der Waals surface area contributed by atoms with Crippen LogP contribution >= 0.6 is 0 Å². The average molecular weight is 230 g/mol. The van der Waals surface area contributed by atoms with Gasteiger partial charge in [0.05, 0.1) is 0 Å². The van der Waals surface area contributed by atoms with E-state index >= 15 is 0 Å². The van der Waals surface area contributed by atoms with E-state index in [2.05, 4.69) is 10.6 Å². The first kappa shape index (κ1) is 14.7. The first-order valence-corrected chi connectivity index (χ1v) is 5.65. The van der Waals surface area contributed by atoms with Gasteiger partial charge >= 0.3 is 12.0 Å². The van der Waals surface area contributed by atoms with Crippen molar-refractivity contribution in [1.29, 1.82) is 0 Å². The number of carboxylic acid groups (broad SMARTS) is 1. The molecule has 5 nitrogen and oxygen atoms in total. The van der Waals surface area contributed by atoms with E-state index in [4.69, 9.17) is 5.11 Å². The lowest BCUT2D eigenvalue weighted by molar-refractivity contribution is -0.140. The van der Waals surface area contributed by atoms with Crippen molar-refractivity contribution in [3.63, 3.8) is 0 Å². The molecule has 0 bridgehead atoms. The molecule has 94 valence electrons. The van der Waals surface area contributed by atoms with Crippen LogP contribution in [0.15, 0.2) is 0 Å². The molecule has 2 amide bonds. The smallest absolute Gasteiger partial charge is 0.326 e. The van der Waals surface area contributed by atoms with E-state index in [1.807, 2.05) is 13.8 Å². The molecule has 0 aromatic rings. The van der Waals surface area contributed by atoms with Crippen LogP contribution in [0.5, 0.6) is 0 Å². The fourth-order valence-corrected chi connectivity index (χ4v) is 1.12. The lowest BCUT2D eigenvalue weighted by Crippen LogP contribution is -2.49. The maximum absolute atomic E-state index is 11.4. The van der Waals surface area contributed by atoms with Crippen LogP contribution in [-0.4, -0.2) is 29.7 Å². The van der Waals surface area contributed by atoms with Gasteiger partial charge in [-0.25, -0.2) is 9.59 Å². The van der Waals surface area contributed by atoms with Crippen LogP contribution in [-0.2, 0) is 4.79 Å². The molecular weight excluding hydrogens is 208 g/mol. The second-order valence-corrected chi connectivity index (χ2v) is 4.43. The summed E-state index contributed by atoms with van der Waals surface area (Å²) in [4.78, 5) is 22.2. The molecule has 5 heteroatoms. The number of aliphatic carboxylic acids is 1. The third-order valence-electron chi connectivity index (χ3n) is 2.53. The Morgan fingerprint density at radius 1 is 1.25 bits per heavy atom. The van der Waals surface area contributed by atoms with Crippen molar-refractivity contribution < 1.29 is 14.7 Å². The number of hydrogen-bond donors (Lipinski definition) is 3. The summed E-state index contributed by atoms with van der Waals surface area (Å²) in [6, 6.07) is -1.25. The lowest BCUT2D eigenvalue weighted by Gasteiger charge is -2.19. The Kier molecular flexibility index (Phi) is 6.53. The predicted octanol–water partition coefficient (Wildman–Crippen LogP) is 1.44. The molecule has 0 aliphatic rings. The van der Waals surface area contributed by atoms with E-state index in [1.54, 1.807) is 13.8 Å². The van der Waals surface area contributed by atoms with Gasteiger partial charge in [0.15, 0.2) is 0 Å². The average Bonchev–Trinajstić information content (AvgIpc) is 2.21. The number of carbonyl (C=O) groups excluding carboxylic acids is 1. The highest BCUT2D eigenvalue weighted by Crippen LogP contribution is 2.01. The van der Waals surface area contributed by atoms with Gasteiger partial charge in [0, 0.05) is 6.54 Å². The predicted molar refractivity (Wildman–Crippen MR) is 62.3 cm³/mol. The number of amides is 2. The van der Waals surface area contributed by atoms with Crippen molar-refractivity contribution in [1.82, 2.24) is 10.6 Å². The third kappa shape index (κ3) is 5.58. The molecule has 2 atom stereocenters. The summed E-state index contributed by atoms with van der Waals surface area (Å²) >= 11 is 0. The topological polar surface area (TPSA) is 78.4 Å². The highest BCUT2D eigenvalue weighted by molar-refractivity contribution is 5.82. The Balaban J connectivity index is 4.06. The zero-order valence-electron chi connectivity index (χ0n) is 10.4. The largest absolute Gasteiger partial charge is 0.480 e. The van der Waals surface area contributed by atoms with Crippen molar-refractivity contribution >= 4 is 12.0 Å². The van der Waals surface area contributed by atoms with Gasteiger partial charge in [0.1, 0.15) is 6.04 Å². The first-order chi connectivity index (χ1) is 7.38. The Morgan fingerprint density at radius 3 is 2.19 bits per heavy atom. The van der Waals surface area contributed by atoms with Crippen molar-refractivity contribution in [2.24, 2.45) is 11.8 Å². The molecule has 0 spiro atoms. The molecule has 0 fully saturated rings. The molecule has 0 aromatic carbocycles. The Bertz CT molecular complexity index is 241. The summed E-state index contributed by atoms with van der Waals surface area (Å²) < 4.78 is 0. The SMILES string of the molecule is CCC(C)CNC(=O)NC(C(=O)O)C(C)C. The van der Waals surface area contributed by atoms with Gasteiger partial charge in [-0.05, 0) is 11.8 Å². The van der Waals surface area contributed by atoms with Crippen LogP contribution in [0, 0.1) is 11.8 Å². The zero-order valence-corrected chi connectivity index (χ0v) is 10.4. The number of carboxylic acids is 1. The van der Waals surface area contributed by atoms with Crippen LogP contribution in [0.2, 0.25) is 0 Å². The molecule has 0 rings (SSSR count). The van der Waals surface area contributed by atoms with Crippen molar-refractivity contribution in [3.05, 3.63) is 0 Å². The first-order valence-electron chi connectivity index (χ1n) is 5.65. The van der Waals surface area contributed by atoms with Gasteiger partial charge in [0.2, 0.25) is 0 Å². The van der Waals surface area contributed by atoms with E-state index < -0.39 is 18.0 Å². The summed E-state index contributed by atoms with van der Waals surface area (Å²) in [5.74, 6) is -0.742. The minimum atomic E-state index is -1.01. The highest BCUT2D eigenvalue weighted by atomic mass is 16.4. The van der Waals surface area contributed by atoms with Crippen LogP contribution < -0.4 is 10.6 Å². The maximum atomic E-state index is 11.4. The van der Waals surface area contributed by atoms with Gasteiger partial charge in [-0.15, -0.1) is 0 Å². The standard InChI is InChI=1S/C11H22N2O3/c1-5-8(4)6-12-11(16)13-9(7(2)3)10(14)15/h7-9H,5-6H2,1-4H3,(H,14,15)(H2,12,13,16). The molecule has 16 heavy (non-hydrogen) atoms. The fraction of sp³-hybridized carbons (Fsp3) is 0.818. The number of carbonyl (C=O) groups is 2. The molecule has 0 heterocycles. The molecule has 0 aliphatic heterocycles. The van der Waals surface area contributed by atoms with Gasteiger partial charge in [-0.2, -0.15) is 0 Å². The Hall–Kier alpha value is -1.26. The van der Waals surface area contributed by atoms with E-state index in [0.29, 0.717) is 12.5 Å². The quantitative estimate of drug-likeness (QED) is 0.646. The molecule has 0 saturated carbocycles. The van der Waals surface area contributed by atoms with E-state index in [-0.39, 0.29) is 5.92 Å². The Morgan fingerprint density at radius 2 is 1.81 bits per heavy atom. The van der Waals surface area contributed by atoms with Gasteiger partial charge in [-0.3, -0.25) is 0 Å².